The van der Waals surface area contributed by atoms with Crippen LogP contribution in [0.15, 0.2) is 12.1 Å². The predicted molar refractivity (Wildman–Crippen MR) is 40.7 cm³/mol. The number of aromatic nitrogens is 2. The highest BCUT2D eigenvalue weighted by Gasteiger charge is 2.10. The number of aromatic amines is 1. The Balaban J connectivity index is 2.86. The highest BCUT2D eigenvalue weighted by molar-refractivity contribution is 5.76. The second-order valence-electron chi connectivity index (χ2n) is 2.45. The van der Waals surface area contributed by atoms with Crippen molar-refractivity contribution in [1.82, 2.24) is 9.97 Å². The van der Waals surface area contributed by atoms with Crippen LogP contribution in [0.3, 0.4) is 0 Å². The van der Waals surface area contributed by atoms with Gasteiger partial charge in [0.25, 0.3) is 0 Å². The van der Waals surface area contributed by atoms with Crippen molar-refractivity contribution in [3.63, 3.8) is 0 Å². The molecule has 0 fully saturated rings. The lowest BCUT2D eigenvalue weighted by molar-refractivity contribution is 0.515. The van der Waals surface area contributed by atoms with Crippen LogP contribution in [0, 0.1) is 23.0 Å². The summed E-state index contributed by atoms with van der Waals surface area (Å²) in [6.07, 6.45) is 0. The van der Waals surface area contributed by atoms with Gasteiger partial charge in [0.15, 0.2) is 11.6 Å². The molecule has 0 atom stereocenters. The van der Waals surface area contributed by atoms with Crippen molar-refractivity contribution in [3.8, 4) is 6.07 Å². The molecular weight excluding hydrogens is 176 g/mol. The Hall–Kier alpha value is -1.96. The van der Waals surface area contributed by atoms with Gasteiger partial charge in [0.05, 0.1) is 5.52 Å². The number of imidazole rings is 1. The number of halogens is 2. The summed E-state index contributed by atoms with van der Waals surface area (Å²) in [7, 11) is 0. The minimum atomic E-state index is -1.03. The number of H-pyrrole nitrogens is 1. The second kappa shape index (κ2) is 2.52. The summed E-state index contributed by atoms with van der Waals surface area (Å²) in [5.41, 5.74) is 0.173. The van der Waals surface area contributed by atoms with E-state index < -0.39 is 11.6 Å². The number of nitrogens with one attached hydrogen (secondary N) is 1. The quantitative estimate of drug-likeness (QED) is 0.669. The van der Waals surface area contributed by atoms with Gasteiger partial charge in [-0.25, -0.2) is 13.8 Å². The summed E-state index contributed by atoms with van der Waals surface area (Å²) in [6, 6.07) is 4.03. The maximum absolute atomic E-state index is 13.0. The fraction of sp³-hybridized carbons (Fsp3) is 0. The van der Waals surface area contributed by atoms with E-state index in [1.807, 2.05) is 0 Å². The first-order valence-electron chi connectivity index (χ1n) is 3.46. The van der Waals surface area contributed by atoms with Crippen LogP contribution in [0.2, 0.25) is 0 Å². The number of hydrogen-bond acceptors (Lipinski definition) is 2. The molecule has 0 bridgehead atoms. The predicted octanol–water partition coefficient (Wildman–Crippen LogP) is 1.71. The first kappa shape index (κ1) is 7.68. The maximum Gasteiger partial charge on any atom is 0.211 e. The lowest BCUT2D eigenvalue weighted by Gasteiger charge is -1.90. The molecule has 1 heterocycles. The molecule has 1 aromatic heterocycles. The largest absolute Gasteiger partial charge is 0.329 e. The van der Waals surface area contributed by atoms with Crippen LogP contribution in [0.5, 0.6) is 0 Å². The van der Waals surface area contributed by atoms with Gasteiger partial charge in [-0.3, -0.25) is 0 Å². The number of benzene rings is 1. The minimum absolute atomic E-state index is 0.0282. The number of nitrogens with zero attached hydrogens (tertiary/aromatic N) is 2. The van der Waals surface area contributed by atoms with Crippen LogP contribution < -0.4 is 0 Å². The van der Waals surface area contributed by atoms with Gasteiger partial charge >= 0.3 is 0 Å². The third kappa shape index (κ3) is 1.04. The van der Waals surface area contributed by atoms with Crippen molar-refractivity contribution >= 4 is 11.0 Å². The molecule has 0 spiro atoms. The van der Waals surface area contributed by atoms with E-state index in [4.69, 9.17) is 5.26 Å². The molecule has 5 heteroatoms. The Morgan fingerprint density at radius 2 is 2.15 bits per heavy atom. The highest BCUT2D eigenvalue weighted by Crippen LogP contribution is 2.17. The van der Waals surface area contributed by atoms with Crippen LogP contribution in [0.1, 0.15) is 5.82 Å². The Kier molecular flexibility index (Phi) is 1.49. The van der Waals surface area contributed by atoms with Crippen LogP contribution >= 0.6 is 0 Å². The zero-order chi connectivity index (χ0) is 9.42. The lowest BCUT2D eigenvalue weighted by Crippen LogP contribution is -1.84. The summed E-state index contributed by atoms with van der Waals surface area (Å²) in [5, 5.41) is 8.44. The number of fused-ring (bicyclic) bond motifs is 1. The molecule has 0 saturated heterocycles. The lowest BCUT2D eigenvalue weighted by atomic mass is 10.3. The average molecular weight is 179 g/mol. The molecule has 64 valence electrons. The summed E-state index contributed by atoms with van der Waals surface area (Å²) < 4.78 is 25.6. The van der Waals surface area contributed by atoms with Gasteiger partial charge in [0, 0.05) is 0 Å². The van der Waals surface area contributed by atoms with Crippen LogP contribution in [-0.4, -0.2) is 9.97 Å². The molecule has 0 aliphatic rings. The van der Waals surface area contributed by atoms with Crippen molar-refractivity contribution in [2.45, 2.75) is 0 Å². The fourth-order valence-electron chi connectivity index (χ4n) is 1.07. The van der Waals surface area contributed by atoms with Crippen molar-refractivity contribution in [3.05, 3.63) is 29.6 Å². The summed E-state index contributed by atoms with van der Waals surface area (Å²) in [5.74, 6) is -2.03. The fourth-order valence-corrected chi connectivity index (χ4v) is 1.07. The SMILES string of the molecule is N#Cc1nc2c(F)c(F)ccc2[nH]1. The molecule has 13 heavy (non-hydrogen) atoms. The minimum Gasteiger partial charge on any atom is -0.329 e. The molecule has 0 aliphatic carbocycles. The first-order valence-corrected chi connectivity index (χ1v) is 3.46. The summed E-state index contributed by atoms with van der Waals surface area (Å²) in [4.78, 5) is 6.09. The second-order valence-corrected chi connectivity index (χ2v) is 2.45. The molecule has 3 nitrogen and oxygen atoms in total. The van der Waals surface area contributed by atoms with E-state index in [1.165, 1.54) is 6.07 Å². The van der Waals surface area contributed by atoms with E-state index in [1.54, 1.807) is 6.07 Å². The van der Waals surface area contributed by atoms with Crippen LogP contribution in [0.4, 0.5) is 8.78 Å². The molecule has 0 amide bonds. The van der Waals surface area contributed by atoms with Crippen LogP contribution in [0.25, 0.3) is 11.0 Å². The highest BCUT2D eigenvalue weighted by atomic mass is 19.2. The zero-order valence-electron chi connectivity index (χ0n) is 6.31. The van der Waals surface area contributed by atoms with Gasteiger partial charge in [0.1, 0.15) is 11.6 Å². The molecule has 0 unspecified atom stereocenters. The van der Waals surface area contributed by atoms with Crippen molar-refractivity contribution in [2.24, 2.45) is 0 Å². The third-order valence-electron chi connectivity index (χ3n) is 1.65. The normalized spacial score (nSPS) is 10.2. The van der Waals surface area contributed by atoms with E-state index in [9.17, 15) is 8.78 Å². The summed E-state index contributed by atoms with van der Waals surface area (Å²) >= 11 is 0. The monoisotopic (exact) mass is 179 g/mol. The Morgan fingerprint density at radius 3 is 2.85 bits per heavy atom. The molecule has 1 N–H and O–H groups in total. The maximum atomic E-state index is 13.0. The van der Waals surface area contributed by atoms with E-state index in [-0.39, 0.29) is 11.3 Å². The molecule has 2 aromatic rings. The molecule has 0 radical (unpaired) electrons. The Morgan fingerprint density at radius 1 is 1.38 bits per heavy atom. The molecular formula is C8H3F2N3. The topological polar surface area (TPSA) is 52.5 Å². The van der Waals surface area contributed by atoms with E-state index >= 15 is 0 Å². The molecule has 2 rings (SSSR count). The average Bonchev–Trinajstić information content (AvgIpc) is 2.55. The van der Waals surface area contributed by atoms with Gasteiger partial charge < -0.3 is 4.98 Å². The van der Waals surface area contributed by atoms with Gasteiger partial charge in [0.2, 0.25) is 5.82 Å². The smallest absolute Gasteiger partial charge is 0.211 e. The van der Waals surface area contributed by atoms with Crippen molar-refractivity contribution in [1.29, 1.82) is 5.26 Å². The standard InChI is InChI=1S/C8H3F2N3/c9-4-1-2-5-8(7(4)10)13-6(3-11)12-5/h1-2H,(H,12,13). The van der Waals surface area contributed by atoms with Gasteiger partial charge in [-0.2, -0.15) is 5.26 Å². The van der Waals surface area contributed by atoms with Gasteiger partial charge in [-0.15, -0.1) is 0 Å². The zero-order valence-corrected chi connectivity index (χ0v) is 6.31. The Labute approximate surface area is 71.6 Å². The van der Waals surface area contributed by atoms with E-state index in [0.29, 0.717) is 5.52 Å². The van der Waals surface area contributed by atoms with Crippen molar-refractivity contribution in [2.75, 3.05) is 0 Å². The molecule has 0 aliphatic heterocycles. The number of hydrogen-bond donors (Lipinski definition) is 1. The number of nitriles is 1. The molecule has 0 saturated carbocycles. The first-order chi connectivity index (χ1) is 6.22. The van der Waals surface area contributed by atoms with Gasteiger partial charge in [-0.05, 0) is 12.1 Å². The molecule has 1 aromatic carbocycles. The summed E-state index contributed by atoms with van der Waals surface area (Å²) in [6.45, 7) is 0. The Bertz CT molecular complexity index is 510. The third-order valence-corrected chi connectivity index (χ3v) is 1.65. The van der Waals surface area contributed by atoms with E-state index in [0.717, 1.165) is 6.07 Å². The van der Waals surface area contributed by atoms with Crippen LogP contribution in [-0.2, 0) is 0 Å². The van der Waals surface area contributed by atoms with E-state index in [2.05, 4.69) is 9.97 Å². The van der Waals surface area contributed by atoms with Crippen molar-refractivity contribution < 1.29 is 8.78 Å². The number of rotatable bonds is 0. The van der Waals surface area contributed by atoms with Gasteiger partial charge in [-0.1, -0.05) is 0 Å².